The molecule has 12 rings (SSSR count). The Morgan fingerprint density at radius 3 is 2.02 bits per heavy atom. The highest BCUT2D eigenvalue weighted by Crippen LogP contribution is 2.53. The minimum Gasteiger partial charge on any atom is -0.355 e. The van der Waals surface area contributed by atoms with Crippen LogP contribution in [0.4, 0.5) is 11.4 Å². The Morgan fingerprint density at radius 1 is 0.636 bits per heavy atom. The summed E-state index contributed by atoms with van der Waals surface area (Å²) in [6.07, 6.45) is 2.36. The van der Waals surface area contributed by atoms with Gasteiger partial charge in [0.25, 0.3) is 0 Å². The van der Waals surface area contributed by atoms with Gasteiger partial charge in [0, 0.05) is 71.8 Å². The van der Waals surface area contributed by atoms with Crippen LogP contribution in [0.1, 0.15) is 104 Å². The van der Waals surface area contributed by atoms with Crippen LogP contribution in [0.2, 0.25) is 0 Å². The lowest BCUT2D eigenvalue weighted by molar-refractivity contribution is 0.332. The fourth-order valence-electron chi connectivity index (χ4n) is 11.7. The number of anilines is 2. The molecule has 5 heteroatoms. The maximum atomic E-state index is 4.00. The van der Waals surface area contributed by atoms with Gasteiger partial charge in [-0.1, -0.05) is 147 Å². The molecule has 0 amide bonds. The van der Waals surface area contributed by atoms with E-state index in [1.807, 2.05) is 11.3 Å². The molecule has 3 nitrogen and oxygen atoms in total. The summed E-state index contributed by atoms with van der Waals surface area (Å²) in [5.74, 6) is 0. The zero-order valence-corrected chi connectivity index (χ0v) is 41.4. The van der Waals surface area contributed by atoms with Crippen molar-refractivity contribution >= 4 is 93.8 Å². The van der Waals surface area contributed by atoms with E-state index in [1.165, 1.54) is 127 Å². The van der Waals surface area contributed by atoms with Crippen molar-refractivity contribution in [2.45, 2.75) is 104 Å². The Labute approximate surface area is 394 Å². The Hall–Kier alpha value is -6.04. The number of aryl methyl sites for hydroxylation is 1. The first-order valence-corrected chi connectivity index (χ1v) is 24.9. The topological polar surface area (TPSA) is 21.9 Å². The molecule has 0 spiro atoms. The molecule has 328 valence electrons. The summed E-state index contributed by atoms with van der Waals surface area (Å²) < 4.78 is 7.83. The third-order valence-corrected chi connectivity index (χ3v) is 16.9. The van der Waals surface area contributed by atoms with Crippen molar-refractivity contribution in [3.8, 4) is 28.1 Å². The summed E-state index contributed by atoms with van der Waals surface area (Å²) in [5.41, 5.74) is 21.2. The largest absolute Gasteiger partial charge is 0.355 e. The zero-order chi connectivity index (χ0) is 45.8. The fourth-order valence-corrected chi connectivity index (χ4v) is 13.0. The van der Waals surface area contributed by atoms with Gasteiger partial charge in [-0.05, 0) is 133 Å². The number of nitrogens with zero attached hydrogens (tertiary/aromatic N) is 2. The first-order valence-electron chi connectivity index (χ1n) is 24.1. The van der Waals surface area contributed by atoms with Crippen LogP contribution in [0.25, 0.3) is 81.0 Å². The lowest BCUT2D eigenvalue weighted by Gasteiger charge is -2.42. The van der Waals surface area contributed by atoms with Crippen LogP contribution < -0.4 is 16.2 Å². The minimum absolute atomic E-state index is 0.0438. The van der Waals surface area contributed by atoms with Gasteiger partial charge in [-0.3, -0.25) is 0 Å². The van der Waals surface area contributed by atoms with Gasteiger partial charge in [-0.25, -0.2) is 0 Å². The monoisotopic (exact) mass is 877 g/mol. The van der Waals surface area contributed by atoms with E-state index in [4.69, 9.17) is 0 Å². The molecule has 1 aliphatic heterocycles. The summed E-state index contributed by atoms with van der Waals surface area (Å²) in [6, 6.07) is 49.1. The molecular weight excluding hydrogens is 818 g/mol. The number of hydrogen-bond donors (Lipinski definition) is 1. The van der Waals surface area contributed by atoms with E-state index in [-0.39, 0.29) is 21.7 Å². The third-order valence-electron chi connectivity index (χ3n) is 15.7. The molecule has 10 aromatic rings. The maximum Gasteiger partial charge on any atom is 0.198 e. The molecular formula is C61H60BN3S. The highest BCUT2D eigenvalue weighted by Gasteiger charge is 2.39. The Kier molecular flexibility index (Phi) is 8.78. The molecule has 0 saturated heterocycles. The average molecular weight is 878 g/mol. The van der Waals surface area contributed by atoms with Crippen molar-refractivity contribution < 1.29 is 0 Å². The van der Waals surface area contributed by atoms with E-state index in [1.54, 1.807) is 0 Å². The van der Waals surface area contributed by atoms with E-state index >= 15 is 0 Å². The average Bonchev–Trinajstić information content (AvgIpc) is 3.94. The Morgan fingerprint density at radius 2 is 1.30 bits per heavy atom. The molecule has 0 radical (unpaired) electrons. The number of thiophene rings is 1. The van der Waals surface area contributed by atoms with E-state index in [2.05, 4.69) is 218 Å². The maximum absolute atomic E-state index is 4.00. The predicted molar refractivity (Wildman–Crippen MR) is 290 cm³/mol. The summed E-state index contributed by atoms with van der Waals surface area (Å²) in [6.45, 7) is 23.8. The molecule has 0 atom stereocenters. The van der Waals surface area contributed by atoms with Crippen molar-refractivity contribution in [1.82, 2.24) is 9.13 Å². The molecule has 1 N–H and O–H groups in total. The molecule has 3 aromatic heterocycles. The number of fused-ring (bicyclic) bond motifs is 11. The second-order valence-electron chi connectivity index (χ2n) is 23.0. The van der Waals surface area contributed by atoms with Gasteiger partial charge in [0.15, 0.2) is 7.28 Å². The SMILES string of the molecule is Cn1c(-c2ccccc2)cc2cc3c(cc21)-n1c2cc4c(cc2c2c5c(sc6ccccc65)c(-c5cc(C(C)(C)C)ccc5Nc5ccc(C(C)(C)C)cc5)c(c21)B3)C(C)(C)CCC4(C)C. The van der Waals surface area contributed by atoms with Gasteiger partial charge < -0.3 is 14.5 Å². The molecule has 66 heavy (non-hydrogen) atoms. The van der Waals surface area contributed by atoms with Crippen LogP contribution in [-0.2, 0) is 28.7 Å². The molecule has 1 aliphatic carbocycles. The third kappa shape index (κ3) is 6.14. The number of nitrogens with one attached hydrogen (secondary N) is 1. The van der Waals surface area contributed by atoms with Crippen molar-refractivity contribution in [3.05, 3.63) is 150 Å². The summed E-state index contributed by atoms with van der Waals surface area (Å²) in [4.78, 5) is 0. The number of benzene rings is 7. The molecule has 2 aliphatic rings. The Bertz CT molecular complexity index is 3650. The summed E-state index contributed by atoms with van der Waals surface area (Å²) in [5, 5.41) is 10.8. The van der Waals surface area contributed by atoms with Crippen LogP contribution in [0.3, 0.4) is 0 Å². The highest BCUT2D eigenvalue weighted by atomic mass is 32.1. The number of aromatic nitrogens is 2. The summed E-state index contributed by atoms with van der Waals surface area (Å²) in [7, 11) is 3.08. The van der Waals surface area contributed by atoms with Gasteiger partial charge in [-0.15, -0.1) is 11.3 Å². The van der Waals surface area contributed by atoms with Gasteiger partial charge >= 0.3 is 0 Å². The van der Waals surface area contributed by atoms with Crippen LogP contribution >= 0.6 is 11.3 Å². The van der Waals surface area contributed by atoms with Crippen molar-refractivity contribution in [2.75, 3.05) is 5.32 Å². The van der Waals surface area contributed by atoms with Gasteiger partial charge in [0.2, 0.25) is 0 Å². The number of hydrogen-bond acceptors (Lipinski definition) is 2. The molecule has 0 unspecified atom stereocenters. The first kappa shape index (κ1) is 41.4. The number of rotatable bonds is 4. The Balaban J connectivity index is 1.24. The smallest absolute Gasteiger partial charge is 0.198 e. The highest BCUT2D eigenvalue weighted by molar-refractivity contribution is 7.26. The van der Waals surface area contributed by atoms with Crippen LogP contribution in [0, 0.1) is 0 Å². The second-order valence-corrected chi connectivity index (χ2v) is 24.1. The van der Waals surface area contributed by atoms with Gasteiger partial charge in [0.05, 0.1) is 11.0 Å². The van der Waals surface area contributed by atoms with Crippen molar-refractivity contribution in [1.29, 1.82) is 0 Å². The van der Waals surface area contributed by atoms with Gasteiger partial charge in [0.1, 0.15) is 0 Å². The van der Waals surface area contributed by atoms with Crippen LogP contribution in [0.15, 0.2) is 127 Å². The fraction of sp³-hybridized carbons (Fsp3) is 0.279. The molecule has 0 fully saturated rings. The molecule has 0 bridgehead atoms. The first-order chi connectivity index (χ1) is 31.4. The minimum atomic E-state index is -0.0438. The lowest BCUT2D eigenvalue weighted by Crippen LogP contribution is -2.37. The van der Waals surface area contributed by atoms with Crippen LogP contribution in [0.5, 0.6) is 0 Å². The normalized spacial score (nSPS) is 15.4. The van der Waals surface area contributed by atoms with E-state index in [0.29, 0.717) is 0 Å². The van der Waals surface area contributed by atoms with Gasteiger partial charge in [-0.2, -0.15) is 0 Å². The molecule has 4 heterocycles. The quantitative estimate of drug-likeness (QED) is 0.175. The summed E-state index contributed by atoms with van der Waals surface area (Å²) >= 11 is 1.98. The second kappa shape index (κ2) is 14.0. The molecule has 0 saturated carbocycles. The van der Waals surface area contributed by atoms with Crippen LogP contribution in [-0.4, -0.2) is 16.4 Å². The van der Waals surface area contributed by atoms with E-state index < -0.39 is 0 Å². The zero-order valence-electron chi connectivity index (χ0n) is 40.5. The lowest BCUT2D eigenvalue weighted by atomic mass is 9.58. The predicted octanol–water partition coefficient (Wildman–Crippen LogP) is 15.4. The van der Waals surface area contributed by atoms with Crippen molar-refractivity contribution in [2.24, 2.45) is 7.05 Å². The van der Waals surface area contributed by atoms with E-state index in [9.17, 15) is 0 Å². The molecule has 7 aromatic carbocycles. The standard InChI is InChI=1S/C61H60BN3S/c1-58(2,3)37-21-24-39(25-22-37)63-46-26-23-38(59(4,5)6)31-41(46)54-55-56-52(53-40-19-15-16-20-51(40)66-57(53)54)42-32-43-44(61(9,10)28-27-60(43,7)8)33-49(42)65(56)50-34-48-36(29-45(50)62-55)30-47(64(48)11)35-17-13-12-14-18-35/h12-26,29-34,62-63H,27-28H2,1-11H3. The van der Waals surface area contributed by atoms with Crippen molar-refractivity contribution in [3.63, 3.8) is 0 Å². The van der Waals surface area contributed by atoms with E-state index in [0.717, 1.165) is 18.7 Å².